The molecule has 2 N–H and O–H groups in total. The van der Waals surface area contributed by atoms with Gasteiger partial charge in [-0.2, -0.15) is 0 Å². The van der Waals surface area contributed by atoms with Gasteiger partial charge >= 0.3 is 6.03 Å². The third kappa shape index (κ3) is 4.36. The molecule has 0 aliphatic rings. The molecular weight excluding hydrogens is 333 g/mol. The zero-order valence-corrected chi connectivity index (χ0v) is 14.2. The van der Waals surface area contributed by atoms with Gasteiger partial charge in [-0.1, -0.05) is 24.3 Å². The lowest BCUT2D eigenvalue weighted by Crippen LogP contribution is -2.28. The van der Waals surface area contributed by atoms with E-state index in [0.29, 0.717) is 11.4 Å². The molecule has 3 rings (SSSR count). The fraction of sp³-hybridized carbons (Fsp3) is 0.100. The van der Waals surface area contributed by atoms with E-state index in [1.54, 1.807) is 37.4 Å². The van der Waals surface area contributed by atoms with Gasteiger partial charge in [-0.3, -0.25) is 5.32 Å². The van der Waals surface area contributed by atoms with Crippen LogP contribution in [-0.2, 0) is 6.54 Å². The first-order chi connectivity index (χ1) is 12.7. The highest BCUT2D eigenvalue weighted by molar-refractivity contribution is 5.88. The van der Waals surface area contributed by atoms with E-state index in [-0.39, 0.29) is 12.4 Å². The maximum Gasteiger partial charge on any atom is 0.320 e. The molecule has 3 aromatic rings. The summed E-state index contributed by atoms with van der Waals surface area (Å²) in [5.41, 5.74) is 2.04. The number of aromatic nitrogens is 1. The number of nitrogens with zero attached hydrogens (tertiary/aromatic N) is 1. The zero-order valence-electron chi connectivity index (χ0n) is 14.2. The molecule has 2 amide bonds. The Labute approximate surface area is 150 Å². The summed E-state index contributed by atoms with van der Waals surface area (Å²) in [6.07, 6.45) is 0. The second kappa shape index (κ2) is 8.11. The van der Waals surface area contributed by atoms with E-state index >= 15 is 0 Å². The average Bonchev–Trinajstić information content (AvgIpc) is 2.68. The van der Waals surface area contributed by atoms with Crippen LogP contribution in [0.5, 0.6) is 5.75 Å². The summed E-state index contributed by atoms with van der Waals surface area (Å²) in [5, 5.41) is 5.27. The van der Waals surface area contributed by atoms with Crippen LogP contribution in [0, 0.1) is 5.82 Å². The Hall–Kier alpha value is -3.41. The Kier molecular flexibility index (Phi) is 5.43. The number of ether oxygens (including phenoxy) is 1. The minimum atomic E-state index is -0.451. The first kappa shape index (κ1) is 17.4. The quantitative estimate of drug-likeness (QED) is 0.723. The number of rotatable bonds is 5. The summed E-state index contributed by atoms with van der Waals surface area (Å²) in [4.78, 5) is 16.5. The second-order valence-electron chi connectivity index (χ2n) is 5.54. The minimum absolute atomic E-state index is 0.0939. The molecule has 0 bridgehead atoms. The van der Waals surface area contributed by atoms with Crippen LogP contribution in [0.15, 0.2) is 66.7 Å². The summed E-state index contributed by atoms with van der Waals surface area (Å²) < 4.78 is 18.7. The molecule has 0 atom stereocenters. The number of anilines is 1. The van der Waals surface area contributed by atoms with Gasteiger partial charge in [0, 0.05) is 17.7 Å². The van der Waals surface area contributed by atoms with Crippen molar-refractivity contribution in [2.24, 2.45) is 0 Å². The van der Waals surface area contributed by atoms with E-state index in [4.69, 9.17) is 4.74 Å². The summed E-state index contributed by atoms with van der Waals surface area (Å²) in [5.74, 6) is 0.812. The third-order valence-electron chi connectivity index (χ3n) is 3.77. The number of urea groups is 1. The van der Waals surface area contributed by atoms with Crippen LogP contribution in [0.2, 0.25) is 0 Å². The monoisotopic (exact) mass is 351 g/mol. The highest BCUT2D eigenvalue weighted by atomic mass is 19.1. The van der Waals surface area contributed by atoms with Crippen molar-refractivity contribution in [3.63, 3.8) is 0 Å². The number of carbonyl (C=O) groups is 1. The van der Waals surface area contributed by atoms with Crippen molar-refractivity contribution in [2.75, 3.05) is 12.4 Å². The molecule has 0 radical (unpaired) electrons. The predicted molar refractivity (Wildman–Crippen MR) is 98.5 cm³/mol. The van der Waals surface area contributed by atoms with E-state index in [0.717, 1.165) is 17.0 Å². The van der Waals surface area contributed by atoms with Crippen LogP contribution >= 0.6 is 0 Å². The lowest BCUT2D eigenvalue weighted by atomic mass is 10.1. The highest BCUT2D eigenvalue weighted by Crippen LogP contribution is 2.21. The van der Waals surface area contributed by atoms with Crippen molar-refractivity contribution >= 4 is 11.8 Å². The molecule has 0 saturated heterocycles. The fourth-order valence-corrected chi connectivity index (χ4v) is 2.40. The van der Waals surface area contributed by atoms with E-state index in [1.165, 1.54) is 6.07 Å². The van der Waals surface area contributed by atoms with Crippen LogP contribution in [-0.4, -0.2) is 18.1 Å². The molecule has 1 heterocycles. The smallest absolute Gasteiger partial charge is 0.320 e. The Morgan fingerprint density at radius 2 is 1.81 bits per heavy atom. The molecule has 2 aromatic carbocycles. The number of pyridine rings is 1. The number of benzene rings is 2. The molecule has 26 heavy (non-hydrogen) atoms. The Bertz CT molecular complexity index is 898. The molecule has 0 fully saturated rings. The second-order valence-corrected chi connectivity index (χ2v) is 5.54. The normalized spacial score (nSPS) is 10.2. The predicted octanol–water partition coefficient (Wildman–Crippen LogP) is 4.22. The van der Waals surface area contributed by atoms with Crippen LogP contribution in [0.25, 0.3) is 11.3 Å². The number of methoxy groups -OCH3 is 1. The van der Waals surface area contributed by atoms with Gasteiger partial charge in [-0.25, -0.2) is 14.2 Å². The molecule has 6 heteroatoms. The molecule has 1 aromatic heterocycles. The number of hydrogen-bond acceptors (Lipinski definition) is 3. The van der Waals surface area contributed by atoms with Crippen molar-refractivity contribution in [2.45, 2.75) is 6.54 Å². The number of amides is 2. The van der Waals surface area contributed by atoms with Crippen molar-refractivity contribution < 1.29 is 13.9 Å². The summed E-state index contributed by atoms with van der Waals surface area (Å²) in [6.45, 7) is 0.0939. The van der Waals surface area contributed by atoms with Gasteiger partial charge in [0.2, 0.25) is 0 Å². The van der Waals surface area contributed by atoms with Crippen LogP contribution < -0.4 is 15.4 Å². The highest BCUT2D eigenvalue weighted by Gasteiger charge is 2.07. The van der Waals surface area contributed by atoms with Crippen molar-refractivity contribution in [1.29, 1.82) is 0 Å². The Morgan fingerprint density at radius 1 is 1.04 bits per heavy atom. The van der Waals surface area contributed by atoms with Gasteiger partial charge in [-0.15, -0.1) is 0 Å². The topological polar surface area (TPSA) is 63.2 Å². The van der Waals surface area contributed by atoms with Crippen LogP contribution in [0.4, 0.5) is 15.0 Å². The van der Waals surface area contributed by atoms with Crippen molar-refractivity contribution in [1.82, 2.24) is 10.3 Å². The molecule has 0 aliphatic carbocycles. The summed E-state index contributed by atoms with van der Waals surface area (Å²) >= 11 is 0. The lowest BCUT2D eigenvalue weighted by molar-refractivity contribution is 0.251. The van der Waals surface area contributed by atoms with Gasteiger partial charge in [0.25, 0.3) is 0 Å². The van der Waals surface area contributed by atoms with Crippen molar-refractivity contribution in [3.05, 3.63) is 78.1 Å². The molecule has 0 unspecified atom stereocenters. The minimum Gasteiger partial charge on any atom is -0.497 e. The molecule has 0 saturated carbocycles. The van der Waals surface area contributed by atoms with E-state index in [2.05, 4.69) is 15.6 Å². The summed E-state index contributed by atoms with van der Waals surface area (Å²) in [7, 11) is 1.61. The molecule has 5 nitrogen and oxygen atoms in total. The zero-order chi connectivity index (χ0) is 18.4. The molecule has 132 valence electrons. The van der Waals surface area contributed by atoms with E-state index in [9.17, 15) is 9.18 Å². The largest absolute Gasteiger partial charge is 0.497 e. The summed E-state index contributed by atoms with van der Waals surface area (Å²) in [6, 6.07) is 18.7. The Morgan fingerprint density at radius 3 is 2.54 bits per heavy atom. The van der Waals surface area contributed by atoms with Gasteiger partial charge in [-0.05, 0) is 42.5 Å². The number of carbonyl (C=O) groups excluding carboxylic acids is 1. The molecule has 0 aliphatic heterocycles. The number of nitrogens with one attached hydrogen (secondary N) is 2. The first-order valence-corrected chi connectivity index (χ1v) is 8.05. The van der Waals surface area contributed by atoms with Gasteiger partial charge in [0.05, 0.1) is 12.8 Å². The van der Waals surface area contributed by atoms with Gasteiger partial charge in [0.15, 0.2) is 0 Å². The lowest BCUT2D eigenvalue weighted by Gasteiger charge is -2.09. The van der Waals surface area contributed by atoms with Gasteiger partial charge in [0.1, 0.15) is 17.4 Å². The van der Waals surface area contributed by atoms with Crippen LogP contribution in [0.1, 0.15) is 5.56 Å². The van der Waals surface area contributed by atoms with E-state index in [1.807, 2.05) is 30.3 Å². The first-order valence-electron chi connectivity index (χ1n) is 8.05. The molecular formula is C20H18FN3O2. The molecule has 0 spiro atoms. The van der Waals surface area contributed by atoms with E-state index < -0.39 is 6.03 Å². The number of hydrogen-bond donors (Lipinski definition) is 2. The Balaban J connectivity index is 1.64. The fourth-order valence-electron chi connectivity index (χ4n) is 2.40. The standard InChI is InChI=1S/C20H18FN3O2/c1-26-16-11-9-14(10-12-16)18-7-4-8-19(23-18)24-20(25)22-13-15-5-2-3-6-17(15)21/h2-12H,13H2,1H3,(H2,22,23,24,25). The van der Waals surface area contributed by atoms with Crippen LogP contribution in [0.3, 0.4) is 0 Å². The maximum atomic E-state index is 13.6. The van der Waals surface area contributed by atoms with Crippen molar-refractivity contribution in [3.8, 4) is 17.0 Å². The average molecular weight is 351 g/mol. The third-order valence-corrected chi connectivity index (χ3v) is 3.77. The van der Waals surface area contributed by atoms with Gasteiger partial charge < -0.3 is 10.1 Å². The maximum absolute atomic E-state index is 13.6. The SMILES string of the molecule is COc1ccc(-c2cccc(NC(=O)NCc3ccccc3F)n2)cc1. The number of halogens is 1.